The Morgan fingerprint density at radius 1 is 0.621 bits per heavy atom. The first kappa shape index (κ1) is 22.2. The van der Waals surface area contributed by atoms with Crippen molar-refractivity contribution in [1.29, 1.82) is 15.8 Å². The van der Waals surface area contributed by atoms with Crippen LogP contribution in [-0.2, 0) is 22.7 Å². The first-order chi connectivity index (χ1) is 13.4. The molecule has 0 amide bonds. The standard InChI is InChI=1S/C26H29N3/c1-18-8-20(12-21(9-18)24(3,4)15-27)14-26(7,17-29)23-11-19(2)10-22(13-23)25(5,6)16-28/h8-13H,14H2,1-7H3. The number of nitrogens with zero attached hydrogens (tertiary/aromatic N) is 3. The molecule has 0 spiro atoms. The molecule has 0 aliphatic heterocycles. The van der Waals surface area contributed by atoms with Gasteiger partial charge in [0.2, 0.25) is 0 Å². The summed E-state index contributed by atoms with van der Waals surface area (Å²) in [5, 5.41) is 29.2. The highest BCUT2D eigenvalue weighted by Gasteiger charge is 2.31. The van der Waals surface area contributed by atoms with E-state index in [1.54, 1.807) is 0 Å². The molecule has 0 aliphatic carbocycles. The van der Waals surface area contributed by atoms with Gasteiger partial charge in [-0.2, -0.15) is 15.8 Å². The lowest BCUT2D eigenvalue weighted by atomic mass is 9.74. The molecule has 2 aromatic rings. The maximum Gasteiger partial charge on any atom is 0.0834 e. The van der Waals surface area contributed by atoms with Crippen molar-refractivity contribution in [3.05, 3.63) is 69.8 Å². The van der Waals surface area contributed by atoms with E-state index in [4.69, 9.17) is 0 Å². The van der Waals surface area contributed by atoms with Gasteiger partial charge in [0.15, 0.2) is 0 Å². The lowest BCUT2D eigenvalue weighted by Gasteiger charge is -2.27. The SMILES string of the molecule is Cc1cc(CC(C)(C#N)c2cc(C)cc(C(C)(C)C#N)c2)cc(C(C)(C)C#N)c1. The van der Waals surface area contributed by atoms with Crippen LogP contribution in [-0.4, -0.2) is 0 Å². The third-order valence-corrected chi connectivity index (χ3v) is 5.66. The number of hydrogen-bond acceptors (Lipinski definition) is 3. The van der Waals surface area contributed by atoms with Crippen LogP contribution in [0.4, 0.5) is 0 Å². The summed E-state index contributed by atoms with van der Waals surface area (Å²) in [7, 11) is 0. The average molecular weight is 384 g/mol. The fourth-order valence-corrected chi connectivity index (χ4v) is 3.53. The van der Waals surface area contributed by atoms with E-state index in [0.717, 1.165) is 33.4 Å². The van der Waals surface area contributed by atoms with E-state index in [1.165, 1.54) is 0 Å². The van der Waals surface area contributed by atoms with Crippen molar-refractivity contribution in [3.63, 3.8) is 0 Å². The molecule has 1 atom stereocenters. The van der Waals surface area contributed by atoms with E-state index >= 15 is 0 Å². The molecular formula is C26H29N3. The monoisotopic (exact) mass is 383 g/mol. The van der Waals surface area contributed by atoms with Crippen LogP contribution in [0.2, 0.25) is 0 Å². The molecule has 0 aliphatic rings. The second kappa shape index (κ2) is 7.73. The summed E-state index contributed by atoms with van der Waals surface area (Å²) in [5.74, 6) is 0. The molecule has 0 N–H and O–H groups in total. The molecule has 148 valence electrons. The summed E-state index contributed by atoms with van der Waals surface area (Å²) in [6.45, 7) is 13.6. The Bertz CT molecular complexity index is 1050. The number of benzene rings is 2. The van der Waals surface area contributed by atoms with Crippen molar-refractivity contribution in [2.75, 3.05) is 0 Å². The van der Waals surface area contributed by atoms with Gasteiger partial charge in [-0.1, -0.05) is 47.5 Å². The van der Waals surface area contributed by atoms with E-state index in [9.17, 15) is 15.8 Å². The summed E-state index contributed by atoms with van der Waals surface area (Å²) in [6.07, 6.45) is 0.537. The lowest BCUT2D eigenvalue weighted by Crippen LogP contribution is -2.25. The molecule has 0 saturated heterocycles. The minimum Gasteiger partial charge on any atom is -0.197 e. The molecular weight excluding hydrogens is 354 g/mol. The molecule has 0 saturated carbocycles. The zero-order valence-corrected chi connectivity index (χ0v) is 18.5. The van der Waals surface area contributed by atoms with Gasteiger partial charge in [0.05, 0.1) is 34.5 Å². The summed E-state index contributed by atoms with van der Waals surface area (Å²) in [4.78, 5) is 0. The van der Waals surface area contributed by atoms with Gasteiger partial charge in [-0.05, 0) is 77.1 Å². The third kappa shape index (κ3) is 4.67. The number of rotatable bonds is 5. The van der Waals surface area contributed by atoms with E-state index in [0.29, 0.717) is 6.42 Å². The fraction of sp³-hybridized carbons (Fsp3) is 0.423. The van der Waals surface area contributed by atoms with Gasteiger partial charge in [-0.3, -0.25) is 0 Å². The molecule has 2 aromatic carbocycles. The van der Waals surface area contributed by atoms with E-state index in [-0.39, 0.29) is 0 Å². The van der Waals surface area contributed by atoms with E-state index in [1.807, 2.05) is 78.8 Å². The molecule has 3 heteroatoms. The number of nitriles is 3. The van der Waals surface area contributed by atoms with Gasteiger partial charge >= 0.3 is 0 Å². The quantitative estimate of drug-likeness (QED) is 0.642. The van der Waals surface area contributed by atoms with Crippen LogP contribution >= 0.6 is 0 Å². The molecule has 2 rings (SSSR count). The fourth-order valence-electron chi connectivity index (χ4n) is 3.53. The topological polar surface area (TPSA) is 71.4 Å². The molecule has 29 heavy (non-hydrogen) atoms. The van der Waals surface area contributed by atoms with Gasteiger partial charge < -0.3 is 0 Å². The van der Waals surface area contributed by atoms with Crippen LogP contribution in [0.5, 0.6) is 0 Å². The summed E-state index contributed by atoms with van der Waals surface area (Å²) in [6, 6.07) is 19.4. The van der Waals surface area contributed by atoms with Gasteiger partial charge in [0.1, 0.15) is 0 Å². The van der Waals surface area contributed by atoms with Gasteiger partial charge in [0, 0.05) is 0 Å². The molecule has 0 bridgehead atoms. The van der Waals surface area contributed by atoms with Crippen molar-refractivity contribution in [2.24, 2.45) is 0 Å². The second-order valence-corrected chi connectivity index (χ2v) is 9.39. The molecule has 1 unspecified atom stereocenters. The Kier molecular flexibility index (Phi) is 5.92. The van der Waals surface area contributed by atoms with Crippen molar-refractivity contribution in [3.8, 4) is 18.2 Å². The van der Waals surface area contributed by atoms with Gasteiger partial charge in [0.25, 0.3) is 0 Å². The van der Waals surface area contributed by atoms with Crippen LogP contribution in [0.3, 0.4) is 0 Å². The largest absolute Gasteiger partial charge is 0.197 e. The maximum atomic E-state index is 10.1. The van der Waals surface area contributed by atoms with Gasteiger partial charge in [-0.25, -0.2) is 0 Å². The predicted octanol–water partition coefficient (Wildman–Crippen LogP) is 5.93. The highest BCUT2D eigenvalue weighted by atomic mass is 14.4. The summed E-state index contributed by atoms with van der Waals surface area (Å²) in [5.41, 5.74) is 4.01. The minimum absolute atomic E-state index is 0.537. The van der Waals surface area contributed by atoms with E-state index in [2.05, 4.69) is 24.3 Å². The van der Waals surface area contributed by atoms with Crippen LogP contribution in [0.15, 0.2) is 36.4 Å². The summed E-state index contributed by atoms with van der Waals surface area (Å²) < 4.78 is 0. The highest BCUT2D eigenvalue weighted by Crippen LogP contribution is 2.34. The molecule has 0 heterocycles. The van der Waals surface area contributed by atoms with E-state index < -0.39 is 16.2 Å². The summed E-state index contributed by atoms with van der Waals surface area (Å²) >= 11 is 0. The zero-order valence-electron chi connectivity index (χ0n) is 18.5. The number of aryl methyl sites for hydroxylation is 2. The molecule has 3 nitrogen and oxygen atoms in total. The third-order valence-electron chi connectivity index (χ3n) is 5.66. The van der Waals surface area contributed by atoms with Crippen molar-refractivity contribution < 1.29 is 0 Å². The molecule has 0 aromatic heterocycles. The second-order valence-electron chi connectivity index (χ2n) is 9.39. The van der Waals surface area contributed by atoms with Crippen LogP contribution in [0.1, 0.15) is 68.0 Å². The average Bonchev–Trinajstić information content (AvgIpc) is 2.66. The van der Waals surface area contributed by atoms with Gasteiger partial charge in [-0.15, -0.1) is 0 Å². The molecule has 0 radical (unpaired) electrons. The first-order valence-electron chi connectivity index (χ1n) is 9.84. The number of hydrogen-bond donors (Lipinski definition) is 0. The smallest absolute Gasteiger partial charge is 0.0834 e. The Morgan fingerprint density at radius 3 is 1.55 bits per heavy atom. The Balaban J connectivity index is 2.57. The van der Waals surface area contributed by atoms with Crippen molar-refractivity contribution >= 4 is 0 Å². The van der Waals surface area contributed by atoms with Crippen molar-refractivity contribution in [1.82, 2.24) is 0 Å². The maximum absolute atomic E-state index is 10.1. The molecule has 0 fully saturated rings. The van der Waals surface area contributed by atoms with Crippen LogP contribution in [0.25, 0.3) is 0 Å². The first-order valence-corrected chi connectivity index (χ1v) is 9.84. The predicted molar refractivity (Wildman–Crippen MR) is 116 cm³/mol. The van der Waals surface area contributed by atoms with Crippen LogP contribution < -0.4 is 0 Å². The van der Waals surface area contributed by atoms with Crippen molar-refractivity contribution in [2.45, 2.75) is 71.1 Å². The Hall–Kier alpha value is -3.09. The highest BCUT2D eigenvalue weighted by molar-refractivity contribution is 5.45. The zero-order chi connectivity index (χ0) is 22.0. The Morgan fingerprint density at radius 2 is 1.07 bits per heavy atom. The van der Waals surface area contributed by atoms with Crippen LogP contribution in [0, 0.1) is 47.8 Å². The normalized spacial score (nSPS) is 13.7. The lowest BCUT2D eigenvalue weighted by molar-refractivity contribution is 0.597. The minimum atomic E-state index is -0.742. The Labute approximate surface area is 175 Å².